The van der Waals surface area contributed by atoms with Crippen molar-refractivity contribution in [1.82, 2.24) is 0 Å². The fraction of sp³-hybridized carbons (Fsp3) is 1.00. The maximum Gasteiger partial charge on any atom is 0.469 e. The Morgan fingerprint density at radius 2 is 1.37 bits per heavy atom. The lowest BCUT2D eigenvalue weighted by Gasteiger charge is -2.18. The highest BCUT2D eigenvalue weighted by Gasteiger charge is 2.22. The molecule has 0 aliphatic carbocycles. The lowest BCUT2D eigenvalue weighted by atomic mass is 10.0. The number of hydrogen-bond donors (Lipinski definition) is 3. The molecule has 160 valence electrons. The van der Waals surface area contributed by atoms with Crippen LogP contribution < -0.4 is 0 Å². The number of azide groups is 1. The second-order valence-corrected chi connectivity index (χ2v) is 8.40. The van der Waals surface area contributed by atoms with Crippen molar-refractivity contribution in [1.29, 1.82) is 0 Å². The third kappa shape index (κ3) is 18.5. The Morgan fingerprint density at radius 1 is 0.926 bits per heavy atom. The number of nitrogens with zero attached hydrogens (tertiary/aromatic N) is 3. The minimum absolute atomic E-state index is 0.423. The van der Waals surface area contributed by atoms with Crippen LogP contribution in [0.25, 0.3) is 10.4 Å². The van der Waals surface area contributed by atoms with Crippen LogP contribution in [0.1, 0.15) is 96.8 Å². The van der Waals surface area contributed by atoms with Gasteiger partial charge in [-0.3, -0.25) is 4.52 Å². The van der Waals surface area contributed by atoms with Crippen LogP contribution in [0.15, 0.2) is 5.11 Å². The average Bonchev–Trinajstić information content (AvgIpc) is 2.61. The summed E-state index contributed by atoms with van der Waals surface area (Å²) in [4.78, 5) is 20.0. The summed E-state index contributed by atoms with van der Waals surface area (Å²) in [6.45, 7) is 1.74. The molecule has 0 unspecified atom stereocenters. The predicted octanol–water partition coefficient (Wildman–Crippen LogP) is 5.62. The van der Waals surface area contributed by atoms with E-state index in [1.807, 2.05) is 0 Å². The zero-order valence-electron chi connectivity index (χ0n) is 16.7. The minimum Gasteiger partial charge on any atom is -0.393 e. The van der Waals surface area contributed by atoms with Crippen LogP contribution in [0.5, 0.6) is 0 Å². The Hall–Kier alpha value is -0.620. The molecule has 0 aliphatic heterocycles. The first-order chi connectivity index (χ1) is 12.9. The normalized spacial score (nSPS) is 13.9. The van der Waals surface area contributed by atoms with E-state index in [0.29, 0.717) is 6.42 Å². The van der Waals surface area contributed by atoms with E-state index < -0.39 is 26.6 Å². The molecule has 0 aromatic rings. The second kappa shape index (κ2) is 17.5. The lowest BCUT2D eigenvalue weighted by Crippen LogP contribution is -2.28. The number of rotatable bonds is 19. The van der Waals surface area contributed by atoms with Gasteiger partial charge in [0, 0.05) is 4.91 Å². The molecule has 0 aromatic carbocycles. The number of unbranched alkanes of at least 4 members (excludes halogenated alkanes) is 12. The van der Waals surface area contributed by atoms with Crippen LogP contribution in [-0.4, -0.2) is 33.6 Å². The van der Waals surface area contributed by atoms with Crippen LogP contribution in [0.4, 0.5) is 0 Å². The Labute approximate surface area is 163 Å². The zero-order valence-corrected chi connectivity index (χ0v) is 17.6. The van der Waals surface area contributed by atoms with E-state index in [1.165, 1.54) is 64.2 Å². The number of aliphatic hydroxyl groups is 1. The molecular weight excluding hydrogens is 369 g/mol. The maximum absolute atomic E-state index is 10.7. The van der Waals surface area contributed by atoms with Gasteiger partial charge in [0.1, 0.15) is 0 Å². The molecule has 0 amide bonds. The molecule has 0 spiro atoms. The fourth-order valence-corrected chi connectivity index (χ4v) is 3.37. The quantitative estimate of drug-likeness (QED) is 0.0839. The zero-order chi connectivity index (χ0) is 20.4. The summed E-state index contributed by atoms with van der Waals surface area (Å²) in [6.07, 6.45) is 15.5. The first-order valence-corrected chi connectivity index (χ1v) is 11.9. The monoisotopic (exact) mass is 407 g/mol. The number of phosphoric acid groups is 1. The molecule has 0 fully saturated rings. The van der Waals surface area contributed by atoms with E-state index in [-0.39, 0.29) is 0 Å². The Balaban J connectivity index is 3.61. The molecule has 8 nitrogen and oxygen atoms in total. The van der Waals surface area contributed by atoms with Crippen LogP contribution in [0, 0.1) is 0 Å². The minimum atomic E-state index is -4.64. The summed E-state index contributed by atoms with van der Waals surface area (Å²) in [7, 11) is -4.64. The number of phosphoric ester groups is 1. The summed E-state index contributed by atoms with van der Waals surface area (Å²) >= 11 is 0. The van der Waals surface area contributed by atoms with Gasteiger partial charge < -0.3 is 14.9 Å². The van der Waals surface area contributed by atoms with Crippen LogP contribution in [0.3, 0.4) is 0 Å². The van der Waals surface area contributed by atoms with Gasteiger partial charge in [-0.2, -0.15) is 0 Å². The van der Waals surface area contributed by atoms with Gasteiger partial charge in [-0.15, -0.1) is 0 Å². The lowest BCUT2D eigenvalue weighted by molar-refractivity contribution is 0.0933. The van der Waals surface area contributed by atoms with E-state index in [0.717, 1.165) is 19.3 Å². The van der Waals surface area contributed by atoms with E-state index in [4.69, 9.17) is 15.3 Å². The molecule has 0 bridgehead atoms. The van der Waals surface area contributed by atoms with Gasteiger partial charge in [-0.05, 0) is 12.0 Å². The largest absolute Gasteiger partial charge is 0.469 e. The highest BCUT2D eigenvalue weighted by atomic mass is 31.2. The topological polar surface area (TPSA) is 136 Å². The van der Waals surface area contributed by atoms with Gasteiger partial charge in [-0.1, -0.05) is 95.5 Å². The van der Waals surface area contributed by atoms with Gasteiger partial charge >= 0.3 is 7.82 Å². The van der Waals surface area contributed by atoms with Crippen molar-refractivity contribution in [2.45, 2.75) is 109 Å². The Morgan fingerprint density at radius 3 is 1.78 bits per heavy atom. The molecule has 0 aromatic heterocycles. The highest BCUT2D eigenvalue weighted by molar-refractivity contribution is 7.46. The number of aliphatic hydroxyl groups excluding tert-OH is 1. The van der Waals surface area contributed by atoms with E-state index in [9.17, 15) is 9.67 Å². The van der Waals surface area contributed by atoms with Crippen molar-refractivity contribution in [2.24, 2.45) is 5.11 Å². The first kappa shape index (κ1) is 26.4. The fourth-order valence-electron chi connectivity index (χ4n) is 3.02. The smallest absolute Gasteiger partial charge is 0.393 e. The summed E-state index contributed by atoms with van der Waals surface area (Å²) in [6, 6.07) is -0.986. The summed E-state index contributed by atoms with van der Waals surface area (Å²) < 4.78 is 15.0. The van der Waals surface area contributed by atoms with Crippen molar-refractivity contribution in [3.63, 3.8) is 0 Å². The van der Waals surface area contributed by atoms with Crippen molar-refractivity contribution in [2.75, 3.05) is 6.61 Å². The summed E-state index contributed by atoms with van der Waals surface area (Å²) in [5.74, 6) is 0. The van der Waals surface area contributed by atoms with E-state index in [1.54, 1.807) is 0 Å². The van der Waals surface area contributed by atoms with Crippen LogP contribution >= 0.6 is 7.82 Å². The third-order valence-corrected chi connectivity index (χ3v) is 5.15. The standard InChI is InChI=1S/C18H38N3O5P/c1-2-3-4-5-6-7-8-9-10-11-12-13-14-15-18(22)17(20-21-19)16-26-27(23,24)25/h17-18,22H,2-16H2,1H3,(H2,23,24,25)/t17-,18-/m0/s1. The molecule has 9 heteroatoms. The molecule has 0 saturated heterocycles. The molecule has 2 atom stereocenters. The van der Waals surface area contributed by atoms with Crippen LogP contribution in [-0.2, 0) is 9.09 Å². The van der Waals surface area contributed by atoms with Crippen molar-refractivity contribution in [3.8, 4) is 0 Å². The molecular formula is C18H38N3O5P. The van der Waals surface area contributed by atoms with E-state index >= 15 is 0 Å². The average molecular weight is 407 g/mol. The van der Waals surface area contributed by atoms with Gasteiger partial charge in [-0.25, -0.2) is 4.57 Å². The molecule has 3 N–H and O–H groups in total. The first-order valence-electron chi connectivity index (χ1n) is 10.3. The van der Waals surface area contributed by atoms with Crippen molar-refractivity contribution >= 4 is 7.82 Å². The maximum atomic E-state index is 10.7. The molecule has 0 radical (unpaired) electrons. The molecule has 0 aliphatic rings. The Kier molecular flexibility index (Phi) is 17.1. The van der Waals surface area contributed by atoms with Crippen molar-refractivity contribution in [3.05, 3.63) is 10.4 Å². The highest BCUT2D eigenvalue weighted by Crippen LogP contribution is 2.36. The van der Waals surface area contributed by atoms with Gasteiger partial charge in [0.2, 0.25) is 0 Å². The van der Waals surface area contributed by atoms with Crippen LogP contribution in [0.2, 0.25) is 0 Å². The number of hydrogen-bond acceptors (Lipinski definition) is 4. The third-order valence-electron chi connectivity index (χ3n) is 4.66. The summed E-state index contributed by atoms with van der Waals surface area (Å²) in [5, 5.41) is 13.4. The molecule has 0 saturated carbocycles. The van der Waals surface area contributed by atoms with Gasteiger partial charge in [0.15, 0.2) is 0 Å². The second-order valence-electron chi connectivity index (χ2n) is 7.16. The van der Waals surface area contributed by atoms with E-state index in [2.05, 4.69) is 21.5 Å². The van der Waals surface area contributed by atoms with Crippen molar-refractivity contribution < 1.29 is 24.0 Å². The summed E-state index contributed by atoms with van der Waals surface area (Å²) in [5.41, 5.74) is 8.50. The Bertz CT molecular complexity index is 441. The van der Waals surface area contributed by atoms with Gasteiger partial charge in [0.25, 0.3) is 0 Å². The molecule has 0 heterocycles. The molecule has 0 rings (SSSR count). The predicted molar refractivity (Wildman–Crippen MR) is 107 cm³/mol. The molecule has 27 heavy (non-hydrogen) atoms. The van der Waals surface area contributed by atoms with Gasteiger partial charge in [0.05, 0.1) is 18.8 Å². The SMILES string of the molecule is CCCCCCCCCCCCCCC[C@H](O)[C@H](COP(=O)(O)O)N=[N+]=[N-].